The van der Waals surface area contributed by atoms with Crippen LogP contribution in [0.15, 0.2) is 47.7 Å². The van der Waals surface area contributed by atoms with Gasteiger partial charge in [-0.1, -0.05) is 24.3 Å². The van der Waals surface area contributed by atoms with Gasteiger partial charge >= 0.3 is 0 Å². The Morgan fingerprint density at radius 1 is 1.07 bits per heavy atom. The van der Waals surface area contributed by atoms with Crippen LogP contribution in [0.2, 0.25) is 0 Å². The number of guanidine groups is 1. The van der Waals surface area contributed by atoms with E-state index >= 15 is 0 Å². The SMILES string of the molecule is CN=C(NC1CC1c1ccccc1C)N1CCN(c2ncccn2)CC1.I. The first-order chi connectivity index (χ1) is 12.8. The highest BCUT2D eigenvalue weighted by Crippen LogP contribution is 2.42. The molecule has 27 heavy (non-hydrogen) atoms. The maximum Gasteiger partial charge on any atom is 0.225 e. The van der Waals surface area contributed by atoms with Gasteiger partial charge in [0.25, 0.3) is 0 Å². The number of aliphatic imine (C=N–C) groups is 1. The molecule has 0 amide bonds. The van der Waals surface area contributed by atoms with E-state index in [0.717, 1.165) is 38.1 Å². The third kappa shape index (κ3) is 4.51. The number of halogens is 1. The van der Waals surface area contributed by atoms with Gasteiger partial charge in [0.05, 0.1) is 0 Å². The molecule has 1 aromatic carbocycles. The molecule has 1 aliphatic heterocycles. The number of nitrogens with one attached hydrogen (secondary N) is 1. The van der Waals surface area contributed by atoms with Crippen molar-refractivity contribution in [2.75, 3.05) is 38.1 Å². The van der Waals surface area contributed by atoms with E-state index in [9.17, 15) is 0 Å². The molecule has 0 spiro atoms. The van der Waals surface area contributed by atoms with Crippen molar-refractivity contribution in [3.05, 3.63) is 53.9 Å². The van der Waals surface area contributed by atoms with E-state index in [1.165, 1.54) is 17.5 Å². The Morgan fingerprint density at radius 2 is 1.78 bits per heavy atom. The fraction of sp³-hybridized carbons (Fsp3) is 0.450. The Kier molecular flexibility index (Phi) is 6.51. The van der Waals surface area contributed by atoms with Crippen molar-refractivity contribution >= 4 is 35.9 Å². The van der Waals surface area contributed by atoms with E-state index in [1.807, 2.05) is 13.1 Å². The van der Waals surface area contributed by atoms with Gasteiger partial charge < -0.3 is 15.1 Å². The van der Waals surface area contributed by atoms with Gasteiger partial charge in [-0.15, -0.1) is 24.0 Å². The maximum absolute atomic E-state index is 4.52. The van der Waals surface area contributed by atoms with Crippen LogP contribution in [0, 0.1) is 6.92 Å². The summed E-state index contributed by atoms with van der Waals surface area (Å²) < 4.78 is 0. The van der Waals surface area contributed by atoms with E-state index in [-0.39, 0.29) is 24.0 Å². The molecule has 2 aromatic rings. The lowest BCUT2D eigenvalue weighted by molar-refractivity contribution is 0.369. The second-order valence-corrected chi connectivity index (χ2v) is 7.02. The fourth-order valence-electron chi connectivity index (χ4n) is 3.74. The van der Waals surface area contributed by atoms with Gasteiger partial charge in [0.2, 0.25) is 5.95 Å². The molecule has 1 saturated carbocycles. The van der Waals surface area contributed by atoms with E-state index < -0.39 is 0 Å². The molecule has 1 N–H and O–H groups in total. The van der Waals surface area contributed by atoms with Crippen molar-refractivity contribution < 1.29 is 0 Å². The average molecular weight is 478 g/mol. The minimum absolute atomic E-state index is 0. The molecule has 1 aliphatic carbocycles. The van der Waals surface area contributed by atoms with Gasteiger partial charge in [0.1, 0.15) is 0 Å². The van der Waals surface area contributed by atoms with Gasteiger partial charge in [-0.05, 0) is 30.5 Å². The van der Waals surface area contributed by atoms with Crippen molar-refractivity contribution in [3.8, 4) is 0 Å². The Morgan fingerprint density at radius 3 is 2.44 bits per heavy atom. The summed E-state index contributed by atoms with van der Waals surface area (Å²) in [6.45, 7) is 5.89. The van der Waals surface area contributed by atoms with Crippen LogP contribution in [0.25, 0.3) is 0 Å². The molecular weight excluding hydrogens is 451 g/mol. The molecule has 1 aromatic heterocycles. The fourth-order valence-corrected chi connectivity index (χ4v) is 3.74. The van der Waals surface area contributed by atoms with Crippen LogP contribution in [-0.2, 0) is 0 Å². The zero-order valence-electron chi connectivity index (χ0n) is 15.9. The van der Waals surface area contributed by atoms with Gasteiger partial charge in [-0.3, -0.25) is 4.99 Å². The van der Waals surface area contributed by atoms with E-state index in [0.29, 0.717) is 12.0 Å². The third-order valence-electron chi connectivity index (χ3n) is 5.32. The molecule has 2 aliphatic rings. The zero-order valence-corrected chi connectivity index (χ0v) is 18.2. The molecule has 1 saturated heterocycles. The van der Waals surface area contributed by atoms with Crippen LogP contribution in [0.5, 0.6) is 0 Å². The molecule has 2 unspecified atom stereocenters. The van der Waals surface area contributed by atoms with Crippen LogP contribution in [0.3, 0.4) is 0 Å². The predicted molar refractivity (Wildman–Crippen MR) is 120 cm³/mol. The second kappa shape index (κ2) is 8.86. The van der Waals surface area contributed by atoms with Crippen LogP contribution >= 0.6 is 24.0 Å². The Labute approximate surface area is 178 Å². The summed E-state index contributed by atoms with van der Waals surface area (Å²) in [5.74, 6) is 2.43. The van der Waals surface area contributed by atoms with Crippen LogP contribution in [-0.4, -0.2) is 60.1 Å². The number of aromatic nitrogens is 2. The molecule has 2 heterocycles. The summed E-state index contributed by atoms with van der Waals surface area (Å²) in [4.78, 5) is 17.8. The predicted octanol–water partition coefficient (Wildman–Crippen LogP) is 2.66. The first kappa shape index (κ1) is 19.9. The summed E-state index contributed by atoms with van der Waals surface area (Å²) >= 11 is 0. The standard InChI is InChI=1S/C20H26N6.HI/c1-15-6-3-4-7-16(15)17-14-18(17)24-19(21-2)25-10-12-26(13-11-25)20-22-8-5-9-23-20;/h3-9,17-18H,10-14H2,1-2H3,(H,21,24);1H. The Balaban J connectivity index is 0.00000210. The number of piperazine rings is 1. The number of rotatable bonds is 3. The first-order valence-electron chi connectivity index (χ1n) is 9.32. The minimum atomic E-state index is 0. The molecular formula is C20H27IN6. The van der Waals surface area contributed by atoms with Gasteiger partial charge in [-0.2, -0.15) is 0 Å². The molecule has 4 rings (SSSR count). The molecule has 7 heteroatoms. The highest BCUT2D eigenvalue weighted by molar-refractivity contribution is 14.0. The average Bonchev–Trinajstić information content (AvgIpc) is 3.46. The summed E-state index contributed by atoms with van der Waals surface area (Å²) in [5.41, 5.74) is 2.85. The molecule has 2 fully saturated rings. The Bertz CT molecular complexity index is 773. The van der Waals surface area contributed by atoms with Crippen LogP contribution < -0.4 is 10.2 Å². The van der Waals surface area contributed by atoms with E-state index in [4.69, 9.17) is 0 Å². The van der Waals surface area contributed by atoms with Crippen LogP contribution in [0.1, 0.15) is 23.5 Å². The summed E-state index contributed by atoms with van der Waals surface area (Å²) in [5, 5.41) is 3.67. The van der Waals surface area contributed by atoms with Crippen molar-refractivity contribution in [2.45, 2.75) is 25.3 Å². The number of hydrogen-bond donors (Lipinski definition) is 1. The van der Waals surface area contributed by atoms with E-state index in [1.54, 1.807) is 12.4 Å². The second-order valence-electron chi connectivity index (χ2n) is 7.02. The lowest BCUT2D eigenvalue weighted by atomic mass is 10.0. The maximum atomic E-state index is 4.52. The molecule has 144 valence electrons. The number of nitrogens with zero attached hydrogens (tertiary/aromatic N) is 5. The largest absolute Gasteiger partial charge is 0.353 e. The van der Waals surface area contributed by atoms with Crippen LogP contribution in [0.4, 0.5) is 5.95 Å². The number of aryl methyl sites for hydroxylation is 1. The monoisotopic (exact) mass is 478 g/mol. The summed E-state index contributed by atoms with van der Waals surface area (Å²) in [6.07, 6.45) is 4.78. The van der Waals surface area contributed by atoms with Gasteiger partial charge in [0, 0.05) is 57.6 Å². The zero-order chi connectivity index (χ0) is 17.9. The van der Waals surface area contributed by atoms with Crippen molar-refractivity contribution in [1.29, 1.82) is 0 Å². The lowest BCUT2D eigenvalue weighted by Crippen LogP contribution is -2.53. The Hall–Kier alpha value is -1.90. The van der Waals surface area contributed by atoms with Crippen molar-refractivity contribution in [2.24, 2.45) is 4.99 Å². The van der Waals surface area contributed by atoms with E-state index in [2.05, 4.69) is 61.3 Å². The summed E-state index contributed by atoms with van der Waals surface area (Å²) in [6, 6.07) is 11.0. The third-order valence-corrected chi connectivity index (χ3v) is 5.32. The number of anilines is 1. The topological polar surface area (TPSA) is 56.7 Å². The normalized spacial score (nSPS) is 22.2. The lowest BCUT2D eigenvalue weighted by Gasteiger charge is -2.36. The van der Waals surface area contributed by atoms with Gasteiger partial charge in [-0.25, -0.2) is 9.97 Å². The summed E-state index contributed by atoms with van der Waals surface area (Å²) in [7, 11) is 1.88. The van der Waals surface area contributed by atoms with Crippen molar-refractivity contribution in [1.82, 2.24) is 20.2 Å². The highest BCUT2D eigenvalue weighted by atomic mass is 127. The minimum Gasteiger partial charge on any atom is -0.353 e. The molecule has 6 nitrogen and oxygen atoms in total. The van der Waals surface area contributed by atoms with Gasteiger partial charge in [0.15, 0.2) is 5.96 Å². The van der Waals surface area contributed by atoms with Crippen molar-refractivity contribution in [3.63, 3.8) is 0 Å². The molecule has 0 radical (unpaired) electrons. The molecule has 0 bridgehead atoms. The molecule has 2 atom stereocenters. The number of hydrogen-bond acceptors (Lipinski definition) is 4. The first-order valence-corrected chi connectivity index (χ1v) is 9.32. The smallest absolute Gasteiger partial charge is 0.225 e. The number of benzene rings is 1. The quantitative estimate of drug-likeness (QED) is 0.418. The highest BCUT2D eigenvalue weighted by Gasteiger charge is 2.40.